The molecule has 0 bridgehead atoms. The molecule has 2 aliphatic rings. The van der Waals surface area contributed by atoms with Gasteiger partial charge in [-0.1, -0.05) is 11.6 Å². The molecule has 4 nitrogen and oxygen atoms in total. The average Bonchev–Trinajstić information content (AvgIpc) is 2.91. The zero-order valence-electron chi connectivity index (χ0n) is 10.6. The Labute approximate surface area is 117 Å². The molecule has 1 aromatic rings. The largest absolute Gasteiger partial charge is 0.376 e. The first-order chi connectivity index (χ1) is 9.15. The maximum Gasteiger partial charge on any atom is 0.224 e. The van der Waals surface area contributed by atoms with Gasteiger partial charge in [-0.3, -0.25) is 4.79 Å². The highest BCUT2D eigenvalue weighted by Crippen LogP contribution is 2.36. The number of fused-ring (bicyclic) bond motifs is 1. The number of carbonyl (C=O) groups is 1. The molecule has 3 rings (SSSR count). The van der Waals surface area contributed by atoms with E-state index < -0.39 is 0 Å². The second-order valence-corrected chi connectivity index (χ2v) is 5.59. The van der Waals surface area contributed by atoms with E-state index in [4.69, 9.17) is 22.1 Å². The van der Waals surface area contributed by atoms with Crippen LogP contribution < -0.4 is 11.1 Å². The van der Waals surface area contributed by atoms with Gasteiger partial charge < -0.3 is 15.8 Å². The summed E-state index contributed by atoms with van der Waals surface area (Å²) in [5, 5.41) is 3.59. The summed E-state index contributed by atoms with van der Waals surface area (Å²) in [5.74, 6) is 0.0376. The van der Waals surface area contributed by atoms with Gasteiger partial charge in [0, 0.05) is 23.7 Å². The monoisotopic (exact) mass is 280 g/mol. The number of nitrogens with two attached hydrogens (primary N) is 1. The summed E-state index contributed by atoms with van der Waals surface area (Å²) in [5.41, 5.74) is 9.10. The van der Waals surface area contributed by atoms with Gasteiger partial charge in [0.25, 0.3) is 0 Å². The van der Waals surface area contributed by atoms with Crippen LogP contribution in [0.5, 0.6) is 0 Å². The standard InChI is InChI=1S/C14H17ClN2O2/c15-9-6-8-3-4-12(18)17-14(8)10(7-9)13(16)11-2-1-5-19-11/h6-7,11,13H,1-5,16H2,(H,17,18). The molecule has 0 saturated carbocycles. The summed E-state index contributed by atoms with van der Waals surface area (Å²) in [6, 6.07) is 3.51. The number of benzene rings is 1. The molecule has 2 atom stereocenters. The molecule has 0 spiro atoms. The lowest BCUT2D eigenvalue weighted by Crippen LogP contribution is -2.29. The minimum absolute atomic E-state index is 0.0152. The Kier molecular flexibility index (Phi) is 3.48. The van der Waals surface area contributed by atoms with Crippen LogP contribution in [-0.2, 0) is 16.0 Å². The predicted octanol–water partition coefficient (Wildman–Crippen LogP) is 2.40. The van der Waals surface area contributed by atoms with Crippen molar-refractivity contribution in [1.82, 2.24) is 0 Å². The Hall–Kier alpha value is -1.10. The molecule has 3 N–H and O–H groups in total. The van der Waals surface area contributed by atoms with E-state index in [1.807, 2.05) is 12.1 Å². The first-order valence-electron chi connectivity index (χ1n) is 6.64. The molecule has 0 radical (unpaired) electrons. The summed E-state index contributed by atoms with van der Waals surface area (Å²) in [4.78, 5) is 11.6. The van der Waals surface area contributed by atoms with Crippen LogP contribution in [0.4, 0.5) is 5.69 Å². The Bertz CT molecular complexity index is 512. The van der Waals surface area contributed by atoms with Gasteiger partial charge in [-0.15, -0.1) is 0 Å². The number of hydrogen-bond donors (Lipinski definition) is 2. The molecule has 2 unspecified atom stereocenters. The van der Waals surface area contributed by atoms with Crippen molar-refractivity contribution in [2.24, 2.45) is 5.73 Å². The Morgan fingerprint density at radius 3 is 3.00 bits per heavy atom. The van der Waals surface area contributed by atoms with E-state index in [-0.39, 0.29) is 18.1 Å². The maximum atomic E-state index is 11.6. The minimum atomic E-state index is -0.242. The highest BCUT2D eigenvalue weighted by Gasteiger charge is 2.29. The molecular weight excluding hydrogens is 264 g/mol. The zero-order chi connectivity index (χ0) is 13.4. The fourth-order valence-corrected chi connectivity index (χ4v) is 3.08. The number of hydrogen-bond acceptors (Lipinski definition) is 3. The van der Waals surface area contributed by atoms with Crippen LogP contribution in [0.1, 0.15) is 36.4 Å². The Balaban J connectivity index is 1.99. The molecule has 19 heavy (non-hydrogen) atoms. The number of amides is 1. The third kappa shape index (κ3) is 2.48. The second-order valence-electron chi connectivity index (χ2n) is 5.15. The third-order valence-electron chi connectivity index (χ3n) is 3.83. The lowest BCUT2D eigenvalue weighted by molar-refractivity contribution is -0.116. The normalized spacial score (nSPS) is 23.9. The zero-order valence-corrected chi connectivity index (χ0v) is 11.4. The number of halogens is 1. The predicted molar refractivity (Wildman–Crippen MR) is 74.3 cm³/mol. The van der Waals surface area contributed by atoms with Crippen LogP contribution in [-0.4, -0.2) is 18.6 Å². The molecule has 1 saturated heterocycles. The van der Waals surface area contributed by atoms with Crippen LogP contribution in [0.25, 0.3) is 0 Å². The van der Waals surface area contributed by atoms with Crippen molar-refractivity contribution in [3.63, 3.8) is 0 Å². The summed E-state index contributed by atoms with van der Waals surface area (Å²) in [6.07, 6.45) is 3.22. The molecule has 5 heteroatoms. The maximum absolute atomic E-state index is 11.6. The quantitative estimate of drug-likeness (QED) is 0.874. The summed E-state index contributed by atoms with van der Waals surface area (Å²) in [7, 11) is 0. The molecule has 0 aromatic heterocycles. The first kappa shape index (κ1) is 12.9. The first-order valence-corrected chi connectivity index (χ1v) is 7.02. The van der Waals surface area contributed by atoms with Gasteiger partial charge >= 0.3 is 0 Å². The average molecular weight is 281 g/mol. The van der Waals surface area contributed by atoms with E-state index in [0.717, 1.165) is 36.3 Å². The minimum Gasteiger partial charge on any atom is -0.376 e. The number of aryl methyl sites for hydroxylation is 1. The van der Waals surface area contributed by atoms with Crippen LogP contribution in [0.3, 0.4) is 0 Å². The van der Waals surface area contributed by atoms with Gasteiger partial charge in [0.1, 0.15) is 0 Å². The summed E-state index contributed by atoms with van der Waals surface area (Å²) in [6.45, 7) is 0.757. The molecule has 2 aliphatic heterocycles. The second kappa shape index (κ2) is 5.12. The van der Waals surface area contributed by atoms with Crippen LogP contribution in [0.15, 0.2) is 12.1 Å². The van der Waals surface area contributed by atoms with E-state index in [1.165, 1.54) is 0 Å². The van der Waals surface area contributed by atoms with Crippen LogP contribution in [0.2, 0.25) is 5.02 Å². The molecule has 1 fully saturated rings. The Morgan fingerprint density at radius 2 is 2.26 bits per heavy atom. The van der Waals surface area contributed by atoms with Crippen molar-refractivity contribution in [3.05, 3.63) is 28.3 Å². The molecule has 1 amide bonds. The number of anilines is 1. The molecule has 1 aromatic carbocycles. The van der Waals surface area contributed by atoms with Crippen molar-refractivity contribution >= 4 is 23.2 Å². The van der Waals surface area contributed by atoms with E-state index in [9.17, 15) is 4.79 Å². The van der Waals surface area contributed by atoms with Crippen molar-refractivity contribution < 1.29 is 9.53 Å². The van der Waals surface area contributed by atoms with Crippen LogP contribution in [0, 0.1) is 0 Å². The van der Waals surface area contributed by atoms with E-state index in [0.29, 0.717) is 17.9 Å². The fraction of sp³-hybridized carbons (Fsp3) is 0.500. The van der Waals surface area contributed by atoms with Gasteiger partial charge in [0.2, 0.25) is 5.91 Å². The van der Waals surface area contributed by atoms with Crippen molar-refractivity contribution in [2.45, 2.75) is 37.8 Å². The van der Waals surface area contributed by atoms with E-state index in [1.54, 1.807) is 0 Å². The van der Waals surface area contributed by atoms with Crippen molar-refractivity contribution in [2.75, 3.05) is 11.9 Å². The highest BCUT2D eigenvalue weighted by atomic mass is 35.5. The highest BCUT2D eigenvalue weighted by molar-refractivity contribution is 6.31. The van der Waals surface area contributed by atoms with E-state index >= 15 is 0 Å². The lowest BCUT2D eigenvalue weighted by Gasteiger charge is -2.26. The van der Waals surface area contributed by atoms with Gasteiger partial charge in [0.15, 0.2) is 0 Å². The molecular formula is C14H17ClN2O2. The number of rotatable bonds is 2. The Morgan fingerprint density at radius 1 is 1.42 bits per heavy atom. The summed E-state index contributed by atoms with van der Waals surface area (Å²) < 4.78 is 5.65. The van der Waals surface area contributed by atoms with Crippen LogP contribution >= 0.6 is 11.6 Å². The molecule has 2 heterocycles. The smallest absolute Gasteiger partial charge is 0.224 e. The molecule has 102 valence electrons. The topological polar surface area (TPSA) is 64.3 Å². The number of ether oxygens (including phenoxy) is 1. The summed E-state index contributed by atoms with van der Waals surface area (Å²) >= 11 is 6.16. The SMILES string of the molecule is NC(c1cc(Cl)cc2c1NC(=O)CC2)C1CCCO1. The van der Waals surface area contributed by atoms with Gasteiger partial charge in [-0.05, 0) is 42.5 Å². The lowest BCUT2D eigenvalue weighted by atomic mass is 9.92. The van der Waals surface area contributed by atoms with Crippen molar-refractivity contribution in [1.29, 1.82) is 0 Å². The fourth-order valence-electron chi connectivity index (χ4n) is 2.84. The van der Waals surface area contributed by atoms with Gasteiger partial charge in [-0.25, -0.2) is 0 Å². The number of nitrogens with one attached hydrogen (secondary N) is 1. The van der Waals surface area contributed by atoms with Crippen molar-refractivity contribution in [3.8, 4) is 0 Å². The van der Waals surface area contributed by atoms with Gasteiger partial charge in [-0.2, -0.15) is 0 Å². The third-order valence-corrected chi connectivity index (χ3v) is 4.04. The van der Waals surface area contributed by atoms with Gasteiger partial charge in [0.05, 0.1) is 12.1 Å². The van der Waals surface area contributed by atoms with E-state index in [2.05, 4.69) is 5.32 Å². The molecule has 0 aliphatic carbocycles. The number of carbonyl (C=O) groups excluding carboxylic acids is 1.